The Bertz CT molecular complexity index is 647. The summed E-state index contributed by atoms with van der Waals surface area (Å²) in [4.78, 5) is 3.49. The van der Waals surface area contributed by atoms with Crippen molar-refractivity contribution in [1.29, 1.82) is 0 Å². The summed E-state index contributed by atoms with van der Waals surface area (Å²) in [6, 6.07) is 3.89. The second-order valence-corrected chi connectivity index (χ2v) is 4.65. The molecule has 1 atom stereocenters. The summed E-state index contributed by atoms with van der Waals surface area (Å²) in [7, 11) is 0. The van der Waals surface area contributed by atoms with Crippen LogP contribution in [-0.2, 0) is 12.7 Å². The molecule has 7 heteroatoms. The molecule has 2 rings (SSSR count). The molecule has 0 fully saturated rings. The molecule has 1 heterocycles. The molecule has 0 amide bonds. The number of hydrogen-bond acceptors (Lipinski definition) is 2. The number of rotatable bonds is 3. The minimum absolute atomic E-state index is 0.0308. The maximum Gasteiger partial charge on any atom is 0.434 e. The van der Waals surface area contributed by atoms with Gasteiger partial charge in [0.15, 0.2) is 5.69 Å². The van der Waals surface area contributed by atoms with Crippen molar-refractivity contribution >= 4 is 0 Å². The molecule has 0 unspecified atom stereocenters. The van der Waals surface area contributed by atoms with E-state index in [4.69, 9.17) is 0 Å². The van der Waals surface area contributed by atoms with Crippen molar-refractivity contribution in [3.63, 3.8) is 0 Å². The van der Waals surface area contributed by atoms with Crippen LogP contribution >= 0.6 is 0 Å². The standard InChI is InChI=1S/C14H14F4N2O/c1-3-20-7-12(14(16,17)18)19-13(20)10-5-4-9(8(2)21)6-11(10)15/h4-8,21H,3H2,1-2H3/t8-/m1/s1. The van der Waals surface area contributed by atoms with Crippen LogP contribution in [0.15, 0.2) is 24.4 Å². The summed E-state index contributed by atoms with van der Waals surface area (Å²) in [6.45, 7) is 3.35. The molecule has 2 aromatic rings. The number of imidazole rings is 1. The number of aryl methyl sites for hydroxylation is 1. The van der Waals surface area contributed by atoms with Gasteiger partial charge in [-0.25, -0.2) is 9.37 Å². The van der Waals surface area contributed by atoms with Gasteiger partial charge in [-0.2, -0.15) is 13.2 Å². The molecule has 3 nitrogen and oxygen atoms in total. The normalized spacial score (nSPS) is 13.5. The fourth-order valence-electron chi connectivity index (χ4n) is 1.98. The molecule has 0 radical (unpaired) electrons. The lowest BCUT2D eigenvalue weighted by atomic mass is 10.1. The highest BCUT2D eigenvalue weighted by Crippen LogP contribution is 2.32. The third-order valence-corrected chi connectivity index (χ3v) is 3.12. The Morgan fingerprint density at radius 3 is 2.48 bits per heavy atom. The van der Waals surface area contributed by atoms with Crippen LogP contribution < -0.4 is 0 Å². The van der Waals surface area contributed by atoms with Crippen LogP contribution in [0.2, 0.25) is 0 Å². The highest BCUT2D eigenvalue weighted by atomic mass is 19.4. The van der Waals surface area contributed by atoms with Crippen molar-refractivity contribution in [2.75, 3.05) is 0 Å². The molecule has 0 saturated heterocycles. The Morgan fingerprint density at radius 1 is 1.33 bits per heavy atom. The van der Waals surface area contributed by atoms with Crippen LogP contribution in [0.25, 0.3) is 11.4 Å². The third-order valence-electron chi connectivity index (χ3n) is 3.12. The van der Waals surface area contributed by atoms with Gasteiger partial charge in [-0.1, -0.05) is 6.07 Å². The summed E-state index contributed by atoms with van der Waals surface area (Å²) in [5.41, 5.74) is -0.739. The zero-order chi connectivity index (χ0) is 15.8. The number of halogens is 4. The Hall–Kier alpha value is -1.89. The highest BCUT2D eigenvalue weighted by Gasteiger charge is 2.35. The third kappa shape index (κ3) is 3.07. The van der Waals surface area contributed by atoms with Gasteiger partial charge in [0.05, 0.1) is 11.7 Å². The Kier molecular flexibility index (Phi) is 4.04. The van der Waals surface area contributed by atoms with E-state index in [2.05, 4.69) is 4.98 Å². The van der Waals surface area contributed by atoms with E-state index in [1.165, 1.54) is 23.6 Å². The fourth-order valence-corrected chi connectivity index (χ4v) is 1.98. The molecule has 114 valence electrons. The van der Waals surface area contributed by atoms with Gasteiger partial charge in [0.25, 0.3) is 0 Å². The van der Waals surface area contributed by atoms with E-state index in [0.29, 0.717) is 5.56 Å². The maximum absolute atomic E-state index is 14.1. The first-order valence-corrected chi connectivity index (χ1v) is 6.36. The molecule has 1 aromatic heterocycles. The van der Waals surface area contributed by atoms with Gasteiger partial charge in [-0.3, -0.25) is 0 Å². The number of aromatic nitrogens is 2. The van der Waals surface area contributed by atoms with Crippen LogP contribution in [0.4, 0.5) is 17.6 Å². The topological polar surface area (TPSA) is 38.0 Å². The van der Waals surface area contributed by atoms with Crippen LogP contribution in [0.3, 0.4) is 0 Å². The van der Waals surface area contributed by atoms with E-state index >= 15 is 0 Å². The minimum Gasteiger partial charge on any atom is -0.389 e. The van der Waals surface area contributed by atoms with Crippen LogP contribution in [0.5, 0.6) is 0 Å². The van der Waals surface area contributed by atoms with Gasteiger partial charge in [0, 0.05) is 12.7 Å². The Labute approximate surface area is 118 Å². The zero-order valence-electron chi connectivity index (χ0n) is 11.4. The van der Waals surface area contributed by atoms with Crippen LogP contribution in [0, 0.1) is 5.82 Å². The van der Waals surface area contributed by atoms with E-state index in [9.17, 15) is 22.7 Å². The van der Waals surface area contributed by atoms with Crippen LogP contribution in [-0.4, -0.2) is 14.7 Å². The lowest BCUT2D eigenvalue weighted by Crippen LogP contribution is -2.05. The van der Waals surface area contributed by atoms with Crippen LogP contribution in [0.1, 0.15) is 31.2 Å². The second-order valence-electron chi connectivity index (χ2n) is 4.65. The number of benzene rings is 1. The molecule has 0 spiro atoms. The summed E-state index contributed by atoms with van der Waals surface area (Å²) >= 11 is 0. The van der Waals surface area contributed by atoms with E-state index in [1.807, 2.05) is 0 Å². The molecule has 0 saturated carbocycles. The van der Waals surface area contributed by atoms with Crippen molar-refractivity contribution in [2.24, 2.45) is 0 Å². The van der Waals surface area contributed by atoms with Gasteiger partial charge in [-0.15, -0.1) is 0 Å². The average molecular weight is 302 g/mol. The van der Waals surface area contributed by atoms with Crippen molar-refractivity contribution < 1.29 is 22.7 Å². The fraction of sp³-hybridized carbons (Fsp3) is 0.357. The maximum atomic E-state index is 14.1. The Balaban J connectivity index is 2.54. The van der Waals surface area contributed by atoms with Gasteiger partial charge >= 0.3 is 6.18 Å². The number of hydrogen-bond donors (Lipinski definition) is 1. The van der Waals surface area contributed by atoms with Gasteiger partial charge in [0.2, 0.25) is 0 Å². The lowest BCUT2D eigenvalue weighted by Gasteiger charge is -2.09. The highest BCUT2D eigenvalue weighted by molar-refractivity contribution is 5.58. The number of nitrogens with zero attached hydrogens (tertiary/aromatic N) is 2. The quantitative estimate of drug-likeness (QED) is 0.876. The predicted octanol–water partition coefficient (Wildman–Crippen LogP) is 3.78. The van der Waals surface area contributed by atoms with Gasteiger partial charge < -0.3 is 9.67 Å². The monoisotopic (exact) mass is 302 g/mol. The molecule has 1 aromatic carbocycles. The van der Waals surface area contributed by atoms with Crippen molar-refractivity contribution in [2.45, 2.75) is 32.7 Å². The number of aliphatic hydroxyl groups is 1. The SMILES string of the molecule is CCn1cc(C(F)(F)F)nc1-c1ccc([C@@H](C)O)cc1F. The molecular formula is C14H14F4N2O. The summed E-state index contributed by atoms with van der Waals surface area (Å²) in [6.07, 6.45) is -4.58. The molecule has 21 heavy (non-hydrogen) atoms. The summed E-state index contributed by atoms with van der Waals surface area (Å²) < 4.78 is 53.4. The first-order chi connectivity index (χ1) is 9.74. The smallest absolute Gasteiger partial charge is 0.389 e. The van der Waals surface area contributed by atoms with E-state index in [0.717, 1.165) is 12.3 Å². The first-order valence-electron chi connectivity index (χ1n) is 6.36. The van der Waals surface area contributed by atoms with E-state index in [1.54, 1.807) is 6.92 Å². The number of aliphatic hydroxyl groups excluding tert-OH is 1. The summed E-state index contributed by atoms with van der Waals surface area (Å²) in [5.74, 6) is -0.804. The molecule has 0 aliphatic carbocycles. The average Bonchev–Trinajstić information content (AvgIpc) is 2.82. The zero-order valence-corrected chi connectivity index (χ0v) is 11.4. The van der Waals surface area contributed by atoms with Gasteiger partial charge in [-0.05, 0) is 31.5 Å². The molecule has 0 bridgehead atoms. The van der Waals surface area contributed by atoms with Crippen molar-refractivity contribution in [3.05, 3.63) is 41.5 Å². The van der Waals surface area contributed by atoms with Crippen molar-refractivity contribution in [3.8, 4) is 11.4 Å². The minimum atomic E-state index is -4.58. The van der Waals surface area contributed by atoms with E-state index in [-0.39, 0.29) is 17.9 Å². The molecule has 0 aliphatic rings. The first kappa shape index (κ1) is 15.5. The molecule has 1 N–H and O–H groups in total. The summed E-state index contributed by atoms with van der Waals surface area (Å²) in [5, 5.41) is 9.38. The van der Waals surface area contributed by atoms with Crippen molar-refractivity contribution in [1.82, 2.24) is 9.55 Å². The predicted molar refractivity (Wildman–Crippen MR) is 68.9 cm³/mol. The second kappa shape index (κ2) is 5.48. The lowest BCUT2D eigenvalue weighted by molar-refractivity contribution is -0.140. The van der Waals surface area contributed by atoms with Gasteiger partial charge in [0.1, 0.15) is 11.6 Å². The molecule has 0 aliphatic heterocycles. The van der Waals surface area contributed by atoms with E-state index < -0.39 is 23.8 Å². The number of alkyl halides is 3. The molecular weight excluding hydrogens is 288 g/mol. The Morgan fingerprint density at radius 2 is 2.00 bits per heavy atom. The largest absolute Gasteiger partial charge is 0.434 e.